The molecule has 2 aromatic heterocycles. The van der Waals surface area contributed by atoms with E-state index in [1.165, 1.54) is 12.1 Å². The van der Waals surface area contributed by atoms with E-state index in [1.807, 2.05) is 37.3 Å². The molecule has 2 aromatic carbocycles. The first-order valence-electron chi connectivity index (χ1n) is 10.1. The number of anilines is 2. The van der Waals surface area contributed by atoms with Gasteiger partial charge in [-0.1, -0.05) is 18.2 Å². The quantitative estimate of drug-likeness (QED) is 0.398. The van der Waals surface area contributed by atoms with Gasteiger partial charge in [0.2, 0.25) is 5.88 Å². The molecule has 32 heavy (non-hydrogen) atoms. The summed E-state index contributed by atoms with van der Waals surface area (Å²) in [6.07, 6.45) is 3.27. The van der Waals surface area contributed by atoms with Crippen molar-refractivity contribution in [3.05, 3.63) is 108 Å². The molecule has 0 aliphatic rings. The van der Waals surface area contributed by atoms with E-state index in [-0.39, 0.29) is 23.6 Å². The Hall–Kier alpha value is -4.26. The number of carbonyl (C=O) groups excluding carboxylic acids is 1. The van der Waals surface area contributed by atoms with Crippen LogP contribution in [0, 0.1) is 5.82 Å². The van der Waals surface area contributed by atoms with Crippen molar-refractivity contribution in [2.24, 2.45) is 0 Å². The third-order valence-electron chi connectivity index (χ3n) is 4.74. The van der Waals surface area contributed by atoms with Gasteiger partial charge in [-0.15, -0.1) is 0 Å². The number of halogens is 1. The highest BCUT2D eigenvalue weighted by atomic mass is 19.1. The number of nitrogens with one attached hydrogen (secondary N) is 2. The molecular weight excluding hydrogens is 407 g/mol. The molecule has 6 nitrogen and oxygen atoms in total. The summed E-state index contributed by atoms with van der Waals surface area (Å²) >= 11 is 0. The summed E-state index contributed by atoms with van der Waals surface area (Å²) in [7, 11) is 0. The van der Waals surface area contributed by atoms with Gasteiger partial charge in [0.1, 0.15) is 22.9 Å². The highest BCUT2D eigenvalue weighted by molar-refractivity contribution is 5.96. The van der Waals surface area contributed by atoms with Crippen molar-refractivity contribution >= 4 is 17.4 Å². The van der Waals surface area contributed by atoms with E-state index >= 15 is 0 Å². The summed E-state index contributed by atoms with van der Waals surface area (Å²) in [6, 6.07) is 21.9. The molecule has 0 saturated carbocycles. The lowest BCUT2D eigenvalue weighted by atomic mass is 10.1. The fourth-order valence-electron chi connectivity index (χ4n) is 3.06. The van der Waals surface area contributed by atoms with Crippen molar-refractivity contribution in [1.82, 2.24) is 15.3 Å². The zero-order valence-electron chi connectivity index (χ0n) is 17.3. The normalized spacial score (nSPS) is 11.4. The third kappa shape index (κ3) is 5.26. The molecular formula is C25H21FN4O2. The largest absolute Gasteiger partial charge is 0.438 e. The molecule has 0 bridgehead atoms. The zero-order valence-corrected chi connectivity index (χ0v) is 17.3. The fourth-order valence-corrected chi connectivity index (χ4v) is 3.06. The molecule has 0 unspecified atom stereocenters. The number of ether oxygens (including phenoxy) is 1. The molecule has 1 amide bonds. The van der Waals surface area contributed by atoms with Gasteiger partial charge >= 0.3 is 0 Å². The second kappa shape index (κ2) is 9.70. The number of benzene rings is 2. The number of amides is 1. The Bertz CT molecular complexity index is 1180. The maximum Gasteiger partial charge on any atom is 0.257 e. The van der Waals surface area contributed by atoms with Gasteiger partial charge in [-0.2, -0.15) is 0 Å². The van der Waals surface area contributed by atoms with Crippen molar-refractivity contribution in [3.63, 3.8) is 0 Å². The molecule has 160 valence electrons. The molecule has 1 atom stereocenters. The second-order valence-corrected chi connectivity index (χ2v) is 7.07. The van der Waals surface area contributed by atoms with Crippen molar-refractivity contribution in [2.75, 3.05) is 5.32 Å². The van der Waals surface area contributed by atoms with Crippen LogP contribution in [-0.2, 0) is 0 Å². The number of carbonyl (C=O) groups is 1. The van der Waals surface area contributed by atoms with E-state index in [9.17, 15) is 9.18 Å². The number of hydrogen-bond donors (Lipinski definition) is 2. The van der Waals surface area contributed by atoms with Crippen LogP contribution in [0.25, 0.3) is 0 Å². The smallest absolute Gasteiger partial charge is 0.257 e. The SMILES string of the molecule is C[C@H](NC(=O)c1cccnc1Oc1ccc(Nc2ccccn2)cc1)c1ccc(F)cc1. The molecule has 2 heterocycles. The van der Waals surface area contributed by atoms with Crippen molar-refractivity contribution < 1.29 is 13.9 Å². The maximum absolute atomic E-state index is 13.2. The molecule has 0 fully saturated rings. The predicted molar refractivity (Wildman–Crippen MR) is 121 cm³/mol. The highest BCUT2D eigenvalue weighted by Gasteiger charge is 2.17. The summed E-state index contributed by atoms with van der Waals surface area (Å²) in [5.41, 5.74) is 1.95. The van der Waals surface area contributed by atoms with E-state index in [2.05, 4.69) is 20.6 Å². The van der Waals surface area contributed by atoms with Gasteiger partial charge in [0.15, 0.2) is 0 Å². The van der Waals surface area contributed by atoms with Crippen LogP contribution in [0.5, 0.6) is 11.6 Å². The monoisotopic (exact) mass is 428 g/mol. The van der Waals surface area contributed by atoms with Gasteiger partial charge in [-0.3, -0.25) is 4.79 Å². The van der Waals surface area contributed by atoms with Crippen LogP contribution in [0.15, 0.2) is 91.3 Å². The maximum atomic E-state index is 13.2. The first-order valence-corrected chi connectivity index (χ1v) is 10.1. The van der Waals surface area contributed by atoms with E-state index in [0.717, 1.165) is 17.1 Å². The van der Waals surface area contributed by atoms with E-state index in [4.69, 9.17) is 4.74 Å². The van der Waals surface area contributed by atoms with Gasteiger partial charge in [0, 0.05) is 18.1 Å². The van der Waals surface area contributed by atoms with Crippen LogP contribution < -0.4 is 15.4 Å². The van der Waals surface area contributed by atoms with E-state index in [0.29, 0.717) is 11.3 Å². The molecule has 4 aromatic rings. The summed E-state index contributed by atoms with van der Waals surface area (Å²) < 4.78 is 19.0. The number of aromatic nitrogens is 2. The van der Waals surface area contributed by atoms with Gasteiger partial charge in [-0.05, 0) is 73.2 Å². The van der Waals surface area contributed by atoms with Crippen LogP contribution in [0.1, 0.15) is 28.9 Å². The summed E-state index contributed by atoms with van der Waals surface area (Å²) in [5.74, 6) is 0.813. The summed E-state index contributed by atoms with van der Waals surface area (Å²) in [5, 5.41) is 6.09. The van der Waals surface area contributed by atoms with Crippen LogP contribution in [0.2, 0.25) is 0 Å². The Morgan fingerprint density at radius 2 is 1.66 bits per heavy atom. The van der Waals surface area contributed by atoms with Crippen molar-refractivity contribution in [2.45, 2.75) is 13.0 Å². The van der Waals surface area contributed by atoms with Gasteiger partial charge in [0.05, 0.1) is 6.04 Å². The number of nitrogens with zero attached hydrogens (tertiary/aromatic N) is 2. The Kier molecular flexibility index (Phi) is 6.36. The molecule has 7 heteroatoms. The van der Waals surface area contributed by atoms with Gasteiger partial charge < -0.3 is 15.4 Å². The minimum absolute atomic E-state index is 0.196. The van der Waals surface area contributed by atoms with Crippen LogP contribution >= 0.6 is 0 Å². The summed E-state index contributed by atoms with van der Waals surface area (Å²) in [6.45, 7) is 1.83. The lowest BCUT2D eigenvalue weighted by Gasteiger charge is -2.16. The highest BCUT2D eigenvalue weighted by Crippen LogP contribution is 2.26. The first kappa shape index (κ1) is 21.0. The number of pyridine rings is 2. The number of rotatable bonds is 7. The molecule has 0 spiro atoms. The lowest BCUT2D eigenvalue weighted by molar-refractivity contribution is 0.0937. The zero-order chi connectivity index (χ0) is 22.3. The molecule has 0 saturated heterocycles. The molecule has 0 radical (unpaired) electrons. The van der Waals surface area contributed by atoms with Crippen LogP contribution in [-0.4, -0.2) is 15.9 Å². The average molecular weight is 428 g/mol. The van der Waals surface area contributed by atoms with E-state index < -0.39 is 0 Å². The van der Waals surface area contributed by atoms with Crippen molar-refractivity contribution in [3.8, 4) is 11.6 Å². The minimum atomic E-state index is -0.335. The third-order valence-corrected chi connectivity index (χ3v) is 4.74. The van der Waals surface area contributed by atoms with Crippen LogP contribution in [0.3, 0.4) is 0 Å². The van der Waals surface area contributed by atoms with Crippen LogP contribution in [0.4, 0.5) is 15.9 Å². The Balaban J connectivity index is 1.45. The lowest BCUT2D eigenvalue weighted by Crippen LogP contribution is -2.27. The fraction of sp³-hybridized carbons (Fsp3) is 0.0800. The molecule has 4 rings (SSSR count). The summed E-state index contributed by atoms with van der Waals surface area (Å²) in [4.78, 5) is 21.3. The predicted octanol–water partition coefficient (Wildman–Crippen LogP) is 5.64. The number of hydrogen-bond acceptors (Lipinski definition) is 5. The Morgan fingerprint density at radius 1 is 0.906 bits per heavy atom. The average Bonchev–Trinajstić information content (AvgIpc) is 2.82. The molecule has 0 aliphatic carbocycles. The molecule has 2 N–H and O–H groups in total. The van der Waals surface area contributed by atoms with Crippen molar-refractivity contribution in [1.29, 1.82) is 0 Å². The topological polar surface area (TPSA) is 76.1 Å². The minimum Gasteiger partial charge on any atom is -0.438 e. The molecule has 0 aliphatic heterocycles. The van der Waals surface area contributed by atoms with Gasteiger partial charge in [-0.25, -0.2) is 14.4 Å². The standard InChI is InChI=1S/C25H21FN4O2/c1-17(18-7-9-19(26)10-8-18)29-24(31)22-5-4-16-28-25(22)32-21-13-11-20(12-14-21)30-23-6-2-3-15-27-23/h2-17H,1H3,(H,27,30)(H,29,31)/t17-/m0/s1. The van der Waals surface area contributed by atoms with E-state index in [1.54, 1.807) is 48.8 Å². The Labute approximate surface area is 185 Å². The first-order chi connectivity index (χ1) is 15.6. The second-order valence-electron chi connectivity index (χ2n) is 7.07. The Morgan fingerprint density at radius 3 is 2.38 bits per heavy atom. The van der Waals surface area contributed by atoms with Gasteiger partial charge in [0.25, 0.3) is 5.91 Å².